The number of ether oxygens (including phenoxy) is 1. The van der Waals surface area contributed by atoms with Crippen molar-refractivity contribution in [1.82, 2.24) is 5.32 Å². The van der Waals surface area contributed by atoms with Gasteiger partial charge in [0.1, 0.15) is 0 Å². The van der Waals surface area contributed by atoms with Gasteiger partial charge in [0.15, 0.2) is 11.5 Å². The van der Waals surface area contributed by atoms with Gasteiger partial charge in [0.05, 0.1) is 13.2 Å². The molecule has 0 unspecified atom stereocenters. The number of rotatable bonds is 7. The molecule has 0 radical (unpaired) electrons. The van der Waals surface area contributed by atoms with Crippen molar-refractivity contribution in [2.75, 3.05) is 19.8 Å². The fraction of sp³-hybridized carbons (Fsp3) is 0.385. The molecule has 0 aliphatic carbocycles. The number of phenolic OH excluding ortho intramolecular Hbond substituents is 3. The minimum atomic E-state index is -0.493. The monoisotopic (exact) mass is 253 g/mol. The molecule has 0 aromatic heterocycles. The average Bonchev–Trinajstić information content (AvgIpc) is 2.33. The van der Waals surface area contributed by atoms with Crippen molar-refractivity contribution >= 4 is 0 Å². The Morgan fingerprint density at radius 3 is 2.67 bits per heavy atom. The normalized spacial score (nSPS) is 10.5. The first-order valence-corrected chi connectivity index (χ1v) is 5.68. The highest BCUT2D eigenvalue weighted by atomic mass is 16.5. The first-order chi connectivity index (χ1) is 8.52. The van der Waals surface area contributed by atoms with Gasteiger partial charge in [0, 0.05) is 18.7 Å². The van der Waals surface area contributed by atoms with Crippen LogP contribution in [0, 0.1) is 0 Å². The Morgan fingerprint density at radius 1 is 1.28 bits per heavy atom. The van der Waals surface area contributed by atoms with Gasteiger partial charge in [-0.05, 0) is 13.0 Å². The molecule has 0 saturated carbocycles. The fourth-order valence-electron chi connectivity index (χ4n) is 1.37. The molecular weight excluding hydrogens is 234 g/mol. The molecule has 1 rings (SSSR count). The van der Waals surface area contributed by atoms with E-state index in [-0.39, 0.29) is 11.5 Å². The topological polar surface area (TPSA) is 82.0 Å². The Balaban J connectivity index is 2.32. The SMILES string of the molecule is C=C(C)COCCNCc1ccc(O)c(O)c1O. The van der Waals surface area contributed by atoms with Crippen molar-refractivity contribution in [3.8, 4) is 17.2 Å². The van der Waals surface area contributed by atoms with Crippen molar-refractivity contribution in [3.63, 3.8) is 0 Å². The second kappa shape index (κ2) is 6.88. The minimum absolute atomic E-state index is 0.301. The summed E-state index contributed by atoms with van der Waals surface area (Å²) in [5.74, 6) is -1.13. The Labute approximate surface area is 106 Å². The fourth-order valence-corrected chi connectivity index (χ4v) is 1.37. The number of benzene rings is 1. The Morgan fingerprint density at radius 2 is 2.00 bits per heavy atom. The third-order valence-electron chi connectivity index (χ3n) is 2.30. The summed E-state index contributed by atoms with van der Waals surface area (Å²) in [5.41, 5.74) is 1.49. The molecule has 18 heavy (non-hydrogen) atoms. The third-order valence-corrected chi connectivity index (χ3v) is 2.30. The Hall–Kier alpha value is -1.72. The number of aromatic hydroxyl groups is 3. The summed E-state index contributed by atoms with van der Waals surface area (Å²) in [5, 5.41) is 31.1. The van der Waals surface area contributed by atoms with Crippen LogP contribution in [0.15, 0.2) is 24.3 Å². The van der Waals surface area contributed by atoms with E-state index in [9.17, 15) is 10.2 Å². The van der Waals surface area contributed by atoms with Gasteiger partial charge in [0.25, 0.3) is 0 Å². The molecule has 0 amide bonds. The van der Waals surface area contributed by atoms with Gasteiger partial charge in [0.2, 0.25) is 5.75 Å². The van der Waals surface area contributed by atoms with E-state index in [2.05, 4.69) is 11.9 Å². The standard InChI is InChI=1S/C13H19NO4/c1-9(2)8-18-6-5-14-7-10-3-4-11(15)13(17)12(10)16/h3-4,14-17H,1,5-8H2,2H3. The molecule has 0 saturated heterocycles. The van der Waals surface area contributed by atoms with E-state index in [1.807, 2.05) is 6.92 Å². The van der Waals surface area contributed by atoms with Gasteiger partial charge in [-0.2, -0.15) is 0 Å². The highest BCUT2D eigenvalue weighted by molar-refractivity contribution is 5.52. The molecule has 5 heteroatoms. The van der Waals surface area contributed by atoms with E-state index in [1.165, 1.54) is 6.07 Å². The van der Waals surface area contributed by atoms with Crippen LogP contribution in [0.3, 0.4) is 0 Å². The van der Waals surface area contributed by atoms with Crippen molar-refractivity contribution in [3.05, 3.63) is 29.8 Å². The smallest absolute Gasteiger partial charge is 0.200 e. The lowest BCUT2D eigenvalue weighted by molar-refractivity contribution is 0.157. The number of phenols is 3. The van der Waals surface area contributed by atoms with Crippen LogP contribution in [0.25, 0.3) is 0 Å². The average molecular weight is 253 g/mol. The van der Waals surface area contributed by atoms with Crippen molar-refractivity contribution < 1.29 is 20.1 Å². The van der Waals surface area contributed by atoms with Crippen LogP contribution in [-0.4, -0.2) is 35.1 Å². The van der Waals surface area contributed by atoms with Gasteiger partial charge >= 0.3 is 0 Å². The van der Waals surface area contributed by atoms with Gasteiger partial charge < -0.3 is 25.4 Å². The van der Waals surface area contributed by atoms with E-state index >= 15 is 0 Å². The molecule has 0 bridgehead atoms. The zero-order chi connectivity index (χ0) is 13.5. The molecule has 0 aliphatic heterocycles. The van der Waals surface area contributed by atoms with Gasteiger partial charge in [-0.15, -0.1) is 0 Å². The summed E-state index contributed by atoms with van der Waals surface area (Å²) >= 11 is 0. The molecule has 1 aromatic rings. The number of hydrogen-bond donors (Lipinski definition) is 4. The third kappa shape index (κ3) is 4.27. The van der Waals surface area contributed by atoms with E-state index in [1.54, 1.807) is 6.07 Å². The van der Waals surface area contributed by atoms with E-state index < -0.39 is 5.75 Å². The largest absolute Gasteiger partial charge is 0.504 e. The van der Waals surface area contributed by atoms with E-state index in [4.69, 9.17) is 9.84 Å². The summed E-state index contributed by atoms with van der Waals surface area (Å²) in [4.78, 5) is 0. The summed E-state index contributed by atoms with van der Waals surface area (Å²) in [6.07, 6.45) is 0. The summed E-state index contributed by atoms with van der Waals surface area (Å²) in [6, 6.07) is 2.88. The van der Waals surface area contributed by atoms with Crippen LogP contribution < -0.4 is 5.32 Å². The summed E-state index contributed by atoms with van der Waals surface area (Å²) in [7, 11) is 0. The van der Waals surface area contributed by atoms with Crippen LogP contribution in [-0.2, 0) is 11.3 Å². The van der Waals surface area contributed by atoms with Gasteiger partial charge in [-0.3, -0.25) is 0 Å². The summed E-state index contributed by atoms with van der Waals surface area (Å²) < 4.78 is 5.29. The minimum Gasteiger partial charge on any atom is -0.504 e. The molecule has 100 valence electrons. The molecule has 0 heterocycles. The zero-order valence-electron chi connectivity index (χ0n) is 10.4. The number of hydrogen-bond acceptors (Lipinski definition) is 5. The van der Waals surface area contributed by atoms with Crippen LogP contribution in [0.2, 0.25) is 0 Å². The summed E-state index contributed by atoms with van der Waals surface area (Å²) in [6.45, 7) is 7.69. The Bertz CT molecular complexity index is 418. The molecule has 0 atom stereocenters. The first kappa shape index (κ1) is 14.3. The van der Waals surface area contributed by atoms with Crippen LogP contribution >= 0.6 is 0 Å². The van der Waals surface area contributed by atoms with Gasteiger partial charge in [-0.25, -0.2) is 0 Å². The van der Waals surface area contributed by atoms with Crippen LogP contribution in [0.1, 0.15) is 12.5 Å². The molecule has 0 aliphatic rings. The molecule has 0 fully saturated rings. The Kier molecular flexibility index (Phi) is 5.48. The lowest BCUT2D eigenvalue weighted by Gasteiger charge is -2.09. The van der Waals surface area contributed by atoms with Crippen molar-refractivity contribution in [1.29, 1.82) is 0 Å². The molecular formula is C13H19NO4. The highest BCUT2D eigenvalue weighted by Crippen LogP contribution is 2.36. The maximum Gasteiger partial charge on any atom is 0.200 e. The second-order valence-electron chi connectivity index (χ2n) is 4.13. The van der Waals surface area contributed by atoms with Gasteiger partial charge in [-0.1, -0.05) is 18.2 Å². The van der Waals surface area contributed by atoms with Crippen molar-refractivity contribution in [2.24, 2.45) is 0 Å². The lowest BCUT2D eigenvalue weighted by atomic mass is 10.1. The maximum atomic E-state index is 9.56. The molecule has 1 aromatic carbocycles. The number of nitrogens with one attached hydrogen (secondary N) is 1. The molecule has 0 spiro atoms. The predicted molar refractivity (Wildman–Crippen MR) is 68.8 cm³/mol. The first-order valence-electron chi connectivity index (χ1n) is 5.68. The highest BCUT2D eigenvalue weighted by Gasteiger charge is 2.10. The van der Waals surface area contributed by atoms with Crippen molar-refractivity contribution in [2.45, 2.75) is 13.5 Å². The quantitative estimate of drug-likeness (QED) is 0.336. The van der Waals surface area contributed by atoms with Crippen LogP contribution in [0.4, 0.5) is 0 Å². The molecule has 4 N–H and O–H groups in total. The predicted octanol–water partition coefficient (Wildman–Crippen LogP) is 1.49. The maximum absolute atomic E-state index is 9.56. The zero-order valence-corrected chi connectivity index (χ0v) is 10.4. The van der Waals surface area contributed by atoms with E-state index in [0.29, 0.717) is 31.9 Å². The van der Waals surface area contributed by atoms with E-state index in [0.717, 1.165) is 5.57 Å². The molecule has 5 nitrogen and oxygen atoms in total. The lowest BCUT2D eigenvalue weighted by Crippen LogP contribution is -2.19. The second-order valence-corrected chi connectivity index (χ2v) is 4.13. The van der Waals surface area contributed by atoms with Crippen LogP contribution in [0.5, 0.6) is 17.2 Å².